The highest BCUT2D eigenvalue weighted by molar-refractivity contribution is 9.10. The summed E-state index contributed by atoms with van der Waals surface area (Å²) in [7, 11) is 0. The van der Waals surface area contributed by atoms with Crippen LogP contribution in [0.5, 0.6) is 5.75 Å². The van der Waals surface area contributed by atoms with Crippen LogP contribution in [0.25, 0.3) is 0 Å². The molecule has 2 aromatic rings. The van der Waals surface area contributed by atoms with Crippen molar-refractivity contribution in [2.24, 2.45) is 0 Å². The topological polar surface area (TPSA) is 22.1 Å². The van der Waals surface area contributed by atoms with Gasteiger partial charge in [0.15, 0.2) is 0 Å². The summed E-state index contributed by atoms with van der Waals surface area (Å²) in [5, 5.41) is 0. The van der Waals surface area contributed by atoms with E-state index in [4.69, 9.17) is 4.74 Å². The molecule has 88 valence electrons. The number of aromatic nitrogens is 1. The van der Waals surface area contributed by atoms with Gasteiger partial charge in [-0.15, -0.1) is 0 Å². The molecule has 1 aromatic carbocycles. The molecule has 0 saturated carbocycles. The zero-order valence-corrected chi connectivity index (χ0v) is 10.2. The van der Waals surface area contributed by atoms with Crippen molar-refractivity contribution < 1.29 is 13.5 Å². The van der Waals surface area contributed by atoms with Gasteiger partial charge in [0, 0.05) is 23.9 Å². The highest BCUT2D eigenvalue weighted by Crippen LogP contribution is 2.17. The molecule has 0 amide bonds. The van der Waals surface area contributed by atoms with Gasteiger partial charge in [0.05, 0.1) is 0 Å². The number of hydrogen-bond donors (Lipinski definition) is 0. The van der Waals surface area contributed by atoms with Gasteiger partial charge in [-0.25, -0.2) is 13.8 Å². The second kappa shape index (κ2) is 5.23. The molecule has 0 atom stereocenters. The molecule has 0 aliphatic rings. The van der Waals surface area contributed by atoms with Gasteiger partial charge in [0.2, 0.25) is 0 Å². The monoisotopic (exact) mass is 299 g/mol. The van der Waals surface area contributed by atoms with Crippen molar-refractivity contribution in [2.75, 3.05) is 0 Å². The third-order valence-electron chi connectivity index (χ3n) is 2.11. The Morgan fingerprint density at radius 2 is 2.00 bits per heavy atom. The summed E-state index contributed by atoms with van der Waals surface area (Å²) < 4.78 is 32.0. The van der Waals surface area contributed by atoms with Crippen LogP contribution in [0.4, 0.5) is 8.78 Å². The van der Waals surface area contributed by atoms with Gasteiger partial charge in [0.1, 0.15) is 28.6 Å². The Kier molecular flexibility index (Phi) is 3.68. The Labute approximate surface area is 105 Å². The molecule has 0 spiro atoms. The first kappa shape index (κ1) is 12.0. The summed E-state index contributed by atoms with van der Waals surface area (Å²) in [6.45, 7) is 0.0442. The number of halogens is 3. The maximum atomic E-state index is 13.3. The van der Waals surface area contributed by atoms with Crippen LogP contribution in [-0.2, 0) is 6.61 Å². The van der Waals surface area contributed by atoms with Gasteiger partial charge in [-0.3, -0.25) is 0 Å². The van der Waals surface area contributed by atoms with Crippen LogP contribution in [0, 0.1) is 11.6 Å². The van der Waals surface area contributed by atoms with E-state index in [1.165, 1.54) is 12.1 Å². The van der Waals surface area contributed by atoms with Crippen LogP contribution in [0.1, 0.15) is 5.56 Å². The van der Waals surface area contributed by atoms with Crippen LogP contribution >= 0.6 is 15.9 Å². The summed E-state index contributed by atoms with van der Waals surface area (Å²) in [6.07, 6.45) is 1.57. The first-order valence-electron chi connectivity index (χ1n) is 4.83. The van der Waals surface area contributed by atoms with Crippen molar-refractivity contribution in [3.8, 4) is 5.75 Å². The maximum Gasteiger partial charge on any atom is 0.132 e. The molecule has 2 rings (SSSR count). The zero-order valence-electron chi connectivity index (χ0n) is 8.66. The van der Waals surface area contributed by atoms with E-state index in [1.807, 2.05) is 0 Å². The van der Waals surface area contributed by atoms with Crippen LogP contribution in [0.2, 0.25) is 0 Å². The Morgan fingerprint density at radius 1 is 1.18 bits per heavy atom. The van der Waals surface area contributed by atoms with E-state index in [2.05, 4.69) is 20.9 Å². The van der Waals surface area contributed by atoms with Crippen molar-refractivity contribution in [1.82, 2.24) is 4.98 Å². The van der Waals surface area contributed by atoms with E-state index >= 15 is 0 Å². The molecular weight excluding hydrogens is 292 g/mol. The van der Waals surface area contributed by atoms with Crippen LogP contribution < -0.4 is 4.74 Å². The van der Waals surface area contributed by atoms with Crippen molar-refractivity contribution >= 4 is 15.9 Å². The number of rotatable bonds is 3. The number of nitrogens with zero attached hydrogens (tertiary/aromatic N) is 1. The van der Waals surface area contributed by atoms with Crippen LogP contribution in [-0.4, -0.2) is 4.98 Å². The summed E-state index contributed by atoms with van der Waals surface area (Å²) in [6, 6.07) is 6.72. The van der Waals surface area contributed by atoms with Crippen molar-refractivity contribution in [1.29, 1.82) is 0 Å². The number of hydrogen-bond acceptors (Lipinski definition) is 2. The second-order valence-electron chi connectivity index (χ2n) is 3.34. The largest absolute Gasteiger partial charge is 0.489 e. The minimum Gasteiger partial charge on any atom is -0.489 e. The number of pyridine rings is 1. The fourth-order valence-corrected chi connectivity index (χ4v) is 1.62. The average Bonchev–Trinajstić information content (AvgIpc) is 2.28. The predicted octanol–water partition coefficient (Wildman–Crippen LogP) is 3.70. The molecule has 0 fully saturated rings. The fourth-order valence-electron chi connectivity index (χ4n) is 1.27. The normalized spacial score (nSPS) is 10.3. The summed E-state index contributed by atoms with van der Waals surface area (Å²) >= 11 is 3.20. The molecule has 17 heavy (non-hydrogen) atoms. The Bertz CT molecular complexity index is 534. The molecule has 2 nitrogen and oxygen atoms in total. The predicted molar refractivity (Wildman–Crippen MR) is 62.6 cm³/mol. The molecule has 1 heterocycles. The molecule has 1 aromatic heterocycles. The van der Waals surface area contributed by atoms with Gasteiger partial charge < -0.3 is 4.74 Å². The minimum atomic E-state index is -0.613. The van der Waals surface area contributed by atoms with Crippen molar-refractivity contribution in [3.05, 3.63) is 58.3 Å². The molecule has 0 aliphatic carbocycles. The summed E-state index contributed by atoms with van der Waals surface area (Å²) in [5.74, 6) is -0.647. The van der Waals surface area contributed by atoms with Gasteiger partial charge in [-0.1, -0.05) is 0 Å². The SMILES string of the molecule is Fc1ccc(COc2ccnc(Br)c2)c(F)c1. The maximum absolute atomic E-state index is 13.3. The fraction of sp³-hybridized carbons (Fsp3) is 0.0833. The highest BCUT2D eigenvalue weighted by atomic mass is 79.9. The molecule has 0 radical (unpaired) electrons. The van der Waals surface area contributed by atoms with E-state index in [9.17, 15) is 8.78 Å². The lowest BCUT2D eigenvalue weighted by Gasteiger charge is -2.07. The van der Waals surface area contributed by atoms with Gasteiger partial charge in [-0.2, -0.15) is 0 Å². The van der Waals surface area contributed by atoms with Crippen molar-refractivity contribution in [3.63, 3.8) is 0 Å². The van der Waals surface area contributed by atoms with E-state index in [0.29, 0.717) is 15.9 Å². The van der Waals surface area contributed by atoms with Crippen LogP contribution in [0.3, 0.4) is 0 Å². The lowest BCUT2D eigenvalue weighted by Crippen LogP contribution is -1.99. The Morgan fingerprint density at radius 3 is 2.71 bits per heavy atom. The first-order valence-corrected chi connectivity index (χ1v) is 5.63. The van der Waals surface area contributed by atoms with E-state index < -0.39 is 11.6 Å². The standard InChI is InChI=1S/C12H8BrF2NO/c13-12-6-10(3-4-16-12)17-7-8-1-2-9(14)5-11(8)15/h1-6H,7H2. The van der Waals surface area contributed by atoms with Gasteiger partial charge in [-0.05, 0) is 34.1 Å². The molecule has 0 aliphatic heterocycles. The third kappa shape index (κ3) is 3.23. The quantitative estimate of drug-likeness (QED) is 0.806. The number of ether oxygens (including phenoxy) is 1. The summed E-state index contributed by atoms with van der Waals surface area (Å²) in [5.41, 5.74) is 0.305. The smallest absolute Gasteiger partial charge is 0.132 e. The second-order valence-corrected chi connectivity index (χ2v) is 4.15. The molecule has 0 N–H and O–H groups in total. The lowest BCUT2D eigenvalue weighted by molar-refractivity contribution is 0.299. The Balaban J connectivity index is 2.07. The zero-order chi connectivity index (χ0) is 12.3. The van der Waals surface area contributed by atoms with E-state index in [1.54, 1.807) is 18.3 Å². The summed E-state index contributed by atoms with van der Waals surface area (Å²) in [4.78, 5) is 3.94. The highest BCUT2D eigenvalue weighted by Gasteiger charge is 2.04. The van der Waals surface area contributed by atoms with Gasteiger partial charge in [0.25, 0.3) is 0 Å². The lowest BCUT2D eigenvalue weighted by atomic mass is 10.2. The van der Waals surface area contributed by atoms with Crippen molar-refractivity contribution in [2.45, 2.75) is 6.61 Å². The van der Waals surface area contributed by atoms with Gasteiger partial charge >= 0.3 is 0 Å². The molecule has 5 heteroatoms. The third-order valence-corrected chi connectivity index (χ3v) is 2.54. The van der Waals surface area contributed by atoms with E-state index in [-0.39, 0.29) is 6.61 Å². The number of benzene rings is 1. The minimum absolute atomic E-state index is 0.0442. The van der Waals surface area contributed by atoms with Crippen LogP contribution in [0.15, 0.2) is 41.1 Å². The Hall–Kier alpha value is -1.49. The van der Waals surface area contributed by atoms with E-state index in [0.717, 1.165) is 6.07 Å². The molecule has 0 unspecified atom stereocenters. The average molecular weight is 300 g/mol. The molecule has 0 saturated heterocycles. The first-order chi connectivity index (χ1) is 8.15. The molecular formula is C12H8BrF2NO. The molecule has 0 bridgehead atoms.